The molecule has 0 heterocycles. The Hall–Kier alpha value is -0.330. The highest BCUT2D eigenvalue weighted by Crippen LogP contribution is 2.27. The van der Waals surface area contributed by atoms with Crippen LogP contribution in [0.3, 0.4) is 0 Å². The predicted molar refractivity (Wildman–Crippen MR) is 56.8 cm³/mol. The van der Waals surface area contributed by atoms with Crippen LogP contribution in [0.25, 0.3) is 0 Å². The minimum Gasteiger partial charge on any atom is -0.381 e. The van der Waals surface area contributed by atoms with Crippen molar-refractivity contribution in [2.45, 2.75) is 18.9 Å². The maximum absolute atomic E-state index is 12.0. The predicted octanol–water partition coefficient (Wildman–Crippen LogP) is 1.87. The molecule has 16 heavy (non-hydrogen) atoms. The molecular weight excluding hydrogens is 266 g/mol. The van der Waals surface area contributed by atoms with Gasteiger partial charge in [0.25, 0.3) is 0 Å². The third-order valence-corrected chi connectivity index (χ3v) is 2.79. The van der Waals surface area contributed by atoms with Gasteiger partial charge >= 0.3 is 15.6 Å². The van der Waals surface area contributed by atoms with E-state index >= 15 is 0 Å². The fourth-order valence-corrected chi connectivity index (χ4v) is 1.39. The first-order valence-corrected chi connectivity index (χ1v) is 6.14. The number of alkyl halides is 3. The van der Waals surface area contributed by atoms with Gasteiger partial charge in [-0.1, -0.05) is 9.39 Å². The van der Waals surface area contributed by atoms with E-state index in [1.807, 2.05) is 0 Å². The van der Waals surface area contributed by atoms with Crippen LogP contribution in [0.4, 0.5) is 13.2 Å². The molecule has 0 aliphatic carbocycles. The van der Waals surface area contributed by atoms with Crippen LogP contribution in [0.2, 0.25) is 0 Å². The zero-order chi connectivity index (χ0) is 13.0. The lowest BCUT2D eigenvalue weighted by Gasteiger charge is -2.14. The second kappa shape index (κ2) is 5.84. The van der Waals surface area contributed by atoms with E-state index in [0.717, 1.165) is 0 Å². The number of nitrogens with zero attached hydrogens (tertiary/aromatic N) is 1. The normalized spacial score (nSPS) is 14.3. The van der Waals surface area contributed by atoms with Crippen molar-refractivity contribution in [1.82, 2.24) is 4.67 Å². The second-order valence-corrected chi connectivity index (χ2v) is 5.39. The summed E-state index contributed by atoms with van der Waals surface area (Å²) in [5.41, 5.74) is -5.39. The fourth-order valence-electron chi connectivity index (χ4n) is 0.709. The SMILES string of the molecule is C/C=C(\CCN(C)P)OS(=O)(=O)C(F)(F)F. The largest absolute Gasteiger partial charge is 0.534 e. The maximum atomic E-state index is 12.0. The maximum Gasteiger partial charge on any atom is 0.534 e. The minimum atomic E-state index is -5.55. The Balaban J connectivity index is 4.59. The van der Waals surface area contributed by atoms with E-state index in [2.05, 4.69) is 13.6 Å². The monoisotopic (exact) mass is 279 g/mol. The van der Waals surface area contributed by atoms with Crippen molar-refractivity contribution in [3.8, 4) is 0 Å². The van der Waals surface area contributed by atoms with Crippen molar-refractivity contribution in [3.63, 3.8) is 0 Å². The summed E-state index contributed by atoms with van der Waals surface area (Å²) in [4.78, 5) is 0. The smallest absolute Gasteiger partial charge is 0.381 e. The molecule has 0 fully saturated rings. The van der Waals surface area contributed by atoms with E-state index in [1.165, 1.54) is 13.0 Å². The fraction of sp³-hybridized carbons (Fsp3) is 0.714. The Kier molecular flexibility index (Phi) is 5.72. The molecule has 0 spiro atoms. The number of allylic oxidation sites excluding steroid dienone is 1. The van der Waals surface area contributed by atoms with Gasteiger partial charge in [-0.2, -0.15) is 21.6 Å². The van der Waals surface area contributed by atoms with E-state index in [4.69, 9.17) is 0 Å². The molecule has 0 amide bonds. The topological polar surface area (TPSA) is 46.6 Å². The number of rotatable bonds is 5. The molecule has 0 radical (unpaired) electrons. The van der Waals surface area contributed by atoms with Crippen LogP contribution in [-0.2, 0) is 14.3 Å². The van der Waals surface area contributed by atoms with Gasteiger partial charge in [-0.3, -0.25) is 4.67 Å². The number of hydrogen-bond donors (Lipinski definition) is 0. The van der Waals surface area contributed by atoms with Gasteiger partial charge < -0.3 is 4.18 Å². The summed E-state index contributed by atoms with van der Waals surface area (Å²) in [6, 6.07) is 0. The summed E-state index contributed by atoms with van der Waals surface area (Å²) < 4.78 is 62.8. The minimum absolute atomic E-state index is 0.0752. The Morgan fingerprint density at radius 1 is 1.50 bits per heavy atom. The van der Waals surface area contributed by atoms with Gasteiger partial charge in [-0.15, -0.1) is 0 Å². The van der Waals surface area contributed by atoms with Gasteiger partial charge in [0.2, 0.25) is 0 Å². The van der Waals surface area contributed by atoms with E-state index in [9.17, 15) is 21.6 Å². The molecule has 0 saturated carbocycles. The Morgan fingerprint density at radius 2 is 2.00 bits per heavy atom. The lowest BCUT2D eigenvalue weighted by molar-refractivity contribution is -0.0523. The van der Waals surface area contributed by atoms with Gasteiger partial charge in [0.1, 0.15) is 5.76 Å². The standard InChI is InChI=1S/C7H13F3NO3PS/c1-3-6(4-5-11(2)15)14-16(12,13)7(8,9)10/h3H,4-5,15H2,1-2H3/b6-3+. The Morgan fingerprint density at radius 3 is 2.31 bits per heavy atom. The molecule has 0 aliphatic heterocycles. The molecule has 0 saturated heterocycles. The van der Waals surface area contributed by atoms with Crippen LogP contribution in [-0.4, -0.2) is 32.2 Å². The summed E-state index contributed by atoms with van der Waals surface area (Å²) >= 11 is 0. The van der Waals surface area contributed by atoms with Crippen LogP contribution >= 0.6 is 9.39 Å². The average Bonchev–Trinajstić information content (AvgIpc) is 2.09. The van der Waals surface area contributed by atoms with Gasteiger partial charge in [0.15, 0.2) is 0 Å². The molecule has 0 aromatic carbocycles. The molecule has 1 atom stereocenters. The molecular formula is C7H13F3NO3PS. The zero-order valence-corrected chi connectivity index (χ0v) is 10.8. The summed E-state index contributed by atoms with van der Waals surface area (Å²) in [6.07, 6.45) is 1.27. The third kappa shape index (κ3) is 5.14. The molecule has 0 aliphatic rings. The van der Waals surface area contributed by atoms with Crippen LogP contribution in [0.1, 0.15) is 13.3 Å². The molecule has 1 unspecified atom stereocenters. The highest BCUT2D eigenvalue weighted by atomic mass is 32.2. The van der Waals surface area contributed by atoms with Crippen molar-refractivity contribution in [3.05, 3.63) is 11.8 Å². The summed E-state index contributed by atoms with van der Waals surface area (Å²) in [5, 5.41) is 0. The first kappa shape index (κ1) is 15.7. The lowest BCUT2D eigenvalue weighted by atomic mass is 10.3. The van der Waals surface area contributed by atoms with Crippen LogP contribution in [0.15, 0.2) is 11.8 Å². The number of halogens is 3. The molecule has 0 N–H and O–H groups in total. The average molecular weight is 279 g/mol. The molecule has 9 heteroatoms. The summed E-state index contributed by atoms with van der Waals surface area (Å²) in [7, 11) is -1.57. The lowest BCUT2D eigenvalue weighted by Crippen LogP contribution is -2.25. The number of hydrogen-bond acceptors (Lipinski definition) is 4. The van der Waals surface area contributed by atoms with Crippen molar-refractivity contribution < 1.29 is 25.8 Å². The van der Waals surface area contributed by atoms with Gasteiger partial charge in [-0.25, -0.2) is 0 Å². The highest BCUT2D eigenvalue weighted by Gasteiger charge is 2.48. The van der Waals surface area contributed by atoms with Crippen molar-refractivity contribution in [2.24, 2.45) is 0 Å². The van der Waals surface area contributed by atoms with E-state index in [0.29, 0.717) is 6.54 Å². The van der Waals surface area contributed by atoms with Crippen LogP contribution < -0.4 is 0 Å². The highest BCUT2D eigenvalue weighted by molar-refractivity contribution is 7.87. The van der Waals surface area contributed by atoms with Crippen molar-refractivity contribution in [1.29, 1.82) is 0 Å². The van der Waals surface area contributed by atoms with E-state index in [1.54, 1.807) is 11.7 Å². The van der Waals surface area contributed by atoms with Crippen molar-refractivity contribution >= 4 is 19.5 Å². The molecule has 96 valence electrons. The summed E-state index contributed by atoms with van der Waals surface area (Å²) in [6.45, 7) is 1.77. The summed E-state index contributed by atoms with van der Waals surface area (Å²) in [5.74, 6) is -0.230. The van der Waals surface area contributed by atoms with Gasteiger partial charge in [-0.05, 0) is 20.0 Å². The second-order valence-electron chi connectivity index (χ2n) is 2.97. The van der Waals surface area contributed by atoms with E-state index < -0.39 is 15.6 Å². The Bertz CT molecular complexity index is 350. The zero-order valence-electron chi connectivity index (χ0n) is 8.78. The Labute approximate surface area is 94.8 Å². The molecule has 0 aromatic heterocycles. The molecule has 0 bridgehead atoms. The molecule has 4 nitrogen and oxygen atoms in total. The van der Waals surface area contributed by atoms with Crippen molar-refractivity contribution in [2.75, 3.05) is 13.6 Å². The third-order valence-electron chi connectivity index (χ3n) is 1.53. The quantitative estimate of drug-likeness (QED) is 0.333. The van der Waals surface area contributed by atoms with E-state index in [-0.39, 0.29) is 12.2 Å². The first-order valence-electron chi connectivity index (χ1n) is 4.22. The van der Waals surface area contributed by atoms with Crippen LogP contribution in [0.5, 0.6) is 0 Å². The van der Waals surface area contributed by atoms with Crippen LogP contribution in [0, 0.1) is 0 Å². The van der Waals surface area contributed by atoms with Gasteiger partial charge in [0, 0.05) is 13.0 Å². The van der Waals surface area contributed by atoms with Gasteiger partial charge in [0.05, 0.1) is 0 Å². The molecule has 0 aromatic rings. The first-order chi connectivity index (χ1) is 7.10. The molecule has 0 rings (SSSR count).